The number of nitriles is 1. The van der Waals surface area contributed by atoms with E-state index in [0.29, 0.717) is 17.3 Å². The minimum Gasteiger partial charge on any atom is -0.384 e. The lowest BCUT2D eigenvalue weighted by molar-refractivity contribution is 0.218. The average molecular weight is 211 g/mol. The number of rotatable bonds is 4. The van der Waals surface area contributed by atoms with Gasteiger partial charge in [-0.2, -0.15) is 5.26 Å². The number of benzene rings is 1. The molecular formula is C10H10FNOS. The molecule has 0 unspecified atom stereocenters. The third-order valence-electron chi connectivity index (χ3n) is 1.63. The molecule has 4 heteroatoms. The molecular weight excluding hydrogens is 201 g/mol. The van der Waals surface area contributed by atoms with Crippen molar-refractivity contribution >= 4 is 11.8 Å². The van der Waals surface area contributed by atoms with E-state index in [1.165, 1.54) is 17.8 Å². The molecule has 0 heterocycles. The second kappa shape index (κ2) is 5.63. The number of thioether (sulfide) groups is 1. The molecule has 0 radical (unpaired) electrons. The normalized spacial score (nSPS) is 9.79. The third-order valence-corrected chi connectivity index (χ3v) is 2.65. The molecule has 0 atom stereocenters. The molecule has 0 aliphatic carbocycles. The van der Waals surface area contributed by atoms with Crippen LogP contribution in [-0.2, 0) is 4.74 Å². The first kappa shape index (κ1) is 11.0. The van der Waals surface area contributed by atoms with Gasteiger partial charge in [-0.05, 0) is 12.1 Å². The van der Waals surface area contributed by atoms with E-state index < -0.39 is 5.82 Å². The molecule has 0 N–H and O–H groups in total. The molecule has 74 valence electrons. The van der Waals surface area contributed by atoms with Crippen LogP contribution >= 0.6 is 11.8 Å². The van der Waals surface area contributed by atoms with Crippen molar-refractivity contribution in [3.63, 3.8) is 0 Å². The van der Waals surface area contributed by atoms with Crippen molar-refractivity contribution in [2.45, 2.75) is 4.90 Å². The Balaban J connectivity index is 2.76. The van der Waals surface area contributed by atoms with Gasteiger partial charge >= 0.3 is 0 Å². The van der Waals surface area contributed by atoms with E-state index in [-0.39, 0.29) is 5.56 Å². The summed E-state index contributed by atoms with van der Waals surface area (Å²) in [6.45, 7) is 0.589. The van der Waals surface area contributed by atoms with Gasteiger partial charge in [0, 0.05) is 17.8 Å². The number of methoxy groups -OCH3 is 1. The molecule has 0 bridgehead atoms. The molecule has 1 aromatic rings. The molecule has 1 rings (SSSR count). The van der Waals surface area contributed by atoms with Crippen LogP contribution in [0, 0.1) is 17.1 Å². The number of nitrogens with zero attached hydrogens (tertiary/aromatic N) is 1. The van der Waals surface area contributed by atoms with Gasteiger partial charge in [0.2, 0.25) is 0 Å². The van der Waals surface area contributed by atoms with E-state index in [1.54, 1.807) is 19.2 Å². The molecule has 0 spiro atoms. The fraction of sp³-hybridized carbons (Fsp3) is 0.300. The zero-order valence-corrected chi connectivity index (χ0v) is 8.60. The minimum atomic E-state index is -0.463. The van der Waals surface area contributed by atoms with Crippen molar-refractivity contribution in [2.75, 3.05) is 19.5 Å². The SMILES string of the molecule is COCCSc1cccc(F)c1C#N. The molecule has 1 aromatic carbocycles. The highest BCUT2D eigenvalue weighted by Gasteiger charge is 2.07. The molecule has 0 aliphatic heterocycles. The minimum absolute atomic E-state index is 0.119. The summed E-state index contributed by atoms with van der Waals surface area (Å²) >= 11 is 1.42. The van der Waals surface area contributed by atoms with E-state index in [9.17, 15) is 4.39 Å². The third kappa shape index (κ3) is 2.72. The van der Waals surface area contributed by atoms with Crippen LogP contribution in [0.1, 0.15) is 5.56 Å². The van der Waals surface area contributed by atoms with Crippen LogP contribution in [0.5, 0.6) is 0 Å². The van der Waals surface area contributed by atoms with Crippen molar-refractivity contribution in [2.24, 2.45) is 0 Å². The molecule has 14 heavy (non-hydrogen) atoms. The predicted molar refractivity (Wildman–Crippen MR) is 53.7 cm³/mol. The van der Waals surface area contributed by atoms with Crippen molar-refractivity contribution < 1.29 is 9.13 Å². The standard InChI is InChI=1S/C10H10FNOS/c1-13-5-6-14-10-4-2-3-9(11)8(10)7-12/h2-4H,5-6H2,1H3. The van der Waals surface area contributed by atoms with Gasteiger partial charge in [0.25, 0.3) is 0 Å². The zero-order valence-electron chi connectivity index (χ0n) is 7.79. The van der Waals surface area contributed by atoms with E-state index in [0.717, 1.165) is 0 Å². The predicted octanol–water partition coefficient (Wildman–Crippen LogP) is 2.44. The van der Waals surface area contributed by atoms with Gasteiger partial charge in [0.15, 0.2) is 0 Å². The summed E-state index contributed by atoms with van der Waals surface area (Å²) in [5.41, 5.74) is 0.119. The first-order chi connectivity index (χ1) is 6.79. The fourth-order valence-electron chi connectivity index (χ4n) is 0.968. The van der Waals surface area contributed by atoms with Crippen molar-refractivity contribution in [1.29, 1.82) is 5.26 Å². The largest absolute Gasteiger partial charge is 0.384 e. The lowest BCUT2D eigenvalue weighted by Gasteiger charge is -2.03. The summed E-state index contributed by atoms with van der Waals surface area (Å²) < 4.78 is 18.0. The van der Waals surface area contributed by atoms with Crippen LogP contribution in [0.25, 0.3) is 0 Å². The Hall–Kier alpha value is -1.05. The molecule has 2 nitrogen and oxygen atoms in total. The molecule has 0 fully saturated rings. The average Bonchev–Trinajstić information content (AvgIpc) is 2.18. The second-order valence-corrected chi connectivity index (χ2v) is 3.70. The summed E-state index contributed by atoms with van der Waals surface area (Å²) in [6.07, 6.45) is 0. The number of ether oxygens (including phenoxy) is 1. The van der Waals surface area contributed by atoms with E-state index >= 15 is 0 Å². The highest BCUT2D eigenvalue weighted by Crippen LogP contribution is 2.23. The maximum absolute atomic E-state index is 13.1. The van der Waals surface area contributed by atoms with Crippen LogP contribution < -0.4 is 0 Å². The summed E-state index contributed by atoms with van der Waals surface area (Å²) in [6, 6.07) is 6.49. The first-order valence-electron chi connectivity index (χ1n) is 4.10. The maximum Gasteiger partial charge on any atom is 0.142 e. The maximum atomic E-state index is 13.1. The Bertz CT molecular complexity index is 348. The van der Waals surface area contributed by atoms with Gasteiger partial charge in [-0.1, -0.05) is 6.07 Å². The Labute approximate surface area is 86.7 Å². The van der Waals surface area contributed by atoms with Crippen LogP contribution in [0.3, 0.4) is 0 Å². The second-order valence-electron chi connectivity index (χ2n) is 2.57. The first-order valence-corrected chi connectivity index (χ1v) is 5.08. The number of hydrogen-bond donors (Lipinski definition) is 0. The molecule has 0 amide bonds. The quantitative estimate of drug-likeness (QED) is 0.566. The Morgan fingerprint density at radius 3 is 3.00 bits per heavy atom. The van der Waals surface area contributed by atoms with Gasteiger partial charge in [0.1, 0.15) is 17.4 Å². The lowest BCUT2D eigenvalue weighted by atomic mass is 10.2. The zero-order chi connectivity index (χ0) is 10.4. The summed E-state index contributed by atoms with van der Waals surface area (Å²) in [5, 5.41) is 8.72. The van der Waals surface area contributed by atoms with Crippen molar-refractivity contribution in [1.82, 2.24) is 0 Å². The van der Waals surface area contributed by atoms with Crippen molar-refractivity contribution in [3.8, 4) is 6.07 Å². The Kier molecular flexibility index (Phi) is 4.44. The summed E-state index contributed by atoms with van der Waals surface area (Å²) in [7, 11) is 1.61. The number of hydrogen-bond acceptors (Lipinski definition) is 3. The van der Waals surface area contributed by atoms with Gasteiger partial charge in [0.05, 0.1) is 6.61 Å². The van der Waals surface area contributed by atoms with Gasteiger partial charge in [-0.25, -0.2) is 4.39 Å². The lowest BCUT2D eigenvalue weighted by Crippen LogP contribution is -1.93. The highest BCUT2D eigenvalue weighted by atomic mass is 32.2. The monoisotopic (exact) mass is 211 g/mol. The Morgan fingerprint density at radius 1 is 1.57 bits per heavy atom. The summed E-state index contributed by atoms with van der Waals surface area (Å²) in [5.74, 6) is 0.254. The van der Waals surface area contributed by atoms with Crippen LogP contribution in [0.4, 0.5) is 4.39 Å². The van der Waals surface area contributed by atoms with E-state index in [1.807, 2.05) is 6.07 Å². The highest BCUT2D eigenvalue weighted by molar-refractivity contribution is 7.99. The van der Waals surface area contributed by atoms with Crippen LogP contribution in [-0.4, -0.2) is 19.5 Å². The number of halogens is 1. The smallest absolute Gasteiger partial charge is 0.142 e. The molecule has 0 saturated heterocycles. The van der Waals surface area contributed by atoms with E-state index in [2.05, 4.69) is 0 Å². The summed E-state index contributed by atoms with van der Waals surface area (Å²) in [4.78, 5) is 0.671. The van der Waals surface area contributed by atoms with Crippen molar-refractivity contribution in [3.05, 3.63) is 29.6 Å². The molecule has 0 aliphatic rings. The van der Waals surface area contributed by atoms with Crippen LogP contribution in [0.2, 0.25) is 0 Å². The van der Waals surface area contributed by atoms with Gasteiger partial charge < -0.3 is 4.74 Å². The van der Waals surface area contributed by atoms with Gasteiger partial charge in [-0.3, -0.25) is 0 Å². The molecule has 0 saturated carbocycles. The van der Waals surface area contributed by atoms with Crippen LogP contribution in [0.15, 0.2) is 23.1 Å². The van der Waals surface area contributed by atoms with Gasteiger partial charge in [-0.15, -0.1) is 11.8 Å². The fourth-order valence-corrected chi connectivity index (χ4v) is 1.90. The Morgan fingerprint density at radius 2 is 2.36 bits per heavy atom. The van der Waals surface area contributed by atoms with E-state index in [4.69, 9.17) is 10.00 Å². The molecule has 0 aromatic heterocycles. The topological polar surface area (TPSA) is 33.0 Å².